The van der Waals surface area contributed by atoms with Gasteiger partial charge in [-0.05, 0) is 13.6 Å². The second kappa shape index (κ2) is 4.37. The van der Waals surface area contributed by atoms with E-state index in [0.29, 0.717) is 0 Å². The molecule has 5 heteroatoms. The van der Waals surface area contributed by atoms with Crippen molar-refractivity contribution in [3.63, 3.8) is 0 Å². The Morgan fingerprint density at radius 1 is 1.50 bits per heavy atom. The summed E-state index contributed by atoms with van der Waals surface area (Å²) in [5, 5.41) is 12.9. The highest BCUT2D eigenvalue weighted by Crippen LogP contribution is 2.15. The van der Waals surface area contributed by atoms with E-state index in [0.717, 1.165) is 23.2 Å². The third kappa shape index (κ3) is 2.42. The summed E-state index contributed by atoms with van der Waals surface area (Å²) in [6.07, 6.45) is 0. The van der Waals surface area contributed by atoms with Gasteiger partial charge in [-0.25, -0.2) is 0 Å². The molecule has 12 heavy (non-hydrogen) atoms. The highest BCUT2D eigenvalue weighted by Gasteiger charge is 2.03. The number of hydrogen-bond acceptors (Lipinski definition) is 5. The molecule has 1 rings (SSSR count). The average Bonchev–Trinajstić information content (AvgIpc) is 2.52. The van der Waals surface area contributed by atoms with Gasteiger partial charge in [0.05, 0.1) is 6.54 Å². The zero-order valence-electron chi connectivity index (χ0n) is 7.66. The molecule has 0 spiro atoms. The Labute approximate surface area is 76.6 Å². The van der Waals surface area contributed by atoms with Gasteiger partial charge < -0.3 is 5.32 Å². The van der Waals surface area contributed by atoms with E-state index < -0.39 is 0 Å². The third-order valence-electron chi connectivity index (χ3n) is 1.63. The van der Waals surface area contributed by atoms with Gasteiger partial charge in [0.1, 0.15) is 5.01 Å². The van der Waals surface area contributed by atoms with E-state index in [-0.39, 0.29) is 0 Å². The zero-order chi connectivity index (χ0) is 8.97. The summed E-state index contributed by atoms with van der Waals surface area (Å²) in [6, 6.07) is 0. The maximum atomic E-state index is 4.04. The van der Waals surface area contributed by atoms with Gasteiger partial charge in [-0.15, -0.1) is 10.2 Å². The molecule has 0 aliphatic carbocycles. The van der Waals surface area contributed by atoms with Crippen LogP contribution in [0.4, 0.5) is 5.13 Å². The first-order valence-corrected chi connectivity index (χ1v) is 4.76. The normalized spacial score (nSPS) is 10.7. The van der Waals surface area contributed by atoms with Crippen LogP contribution in [0.15, 0.2) is 0 Å². The van der Waals surface area contributed by atoms with Crippen molar-refractivity contribution in [2.24, 2.45) is 0 Å². The number of aromatic nitrogens is 2. The molecule has 0 unspecified atom stereocenters. The second-order valence-electron chi connectivity index (χ2n) is 2.58. The second-order valence-corrected chi connectivity index (χ2v) is 3.64. The molecule has 1 N–H and O–H groups in total. The van der Waals surface area contributed by atoms with Crippen LogP contribution in [0.3, 0.4) is 0 Å². The van der Waals surface area contributed by atoms with Gasteiger partial charge in [0, 0.05) is 7.05 Å². The standard InChI is InChI=1S/C7H14N4S/c1-4-11(3)5-6-9-10-7(8-2)12-6/h4-5H2,1-3H3,(H,8,10). The SMILES string of the molecule is CCN(C)Cc1nnc(NC)s1. The summed E-state index contributed by atoms with van der Waals surface area (Å²) in [5.74, 6) is 0. The molecule has 0 aliphatic heterocycles. The van der Waals surface area contributed by atoms with E-state index >= 15 is 0 Å². The van der Waals surface area contributed by atoms with E-state index in [2.05, 4.69) is 34.4 Å². The topological polar surface area (TPSA) is 41.1 Å². The van der Waals surface area contributed by atoms with Gasteiger partial charge in [-0.2, -0.15) is 0 Å². The molecule has 1 heterocycles. The van der Waals surface area contributed by atoms with Crippen molar-refractivity contribution >= 4 is 16.5 Å². The minimum atomic E-state index is 0.884. The minimum absolute atomic E-state index is 0.884. The van der Waals surface area contributed by atoms with Crippen molar-refractivity contribution in [1.29, 1.82) is 0 Å². The molecule has 68 valence electrons. The van der Waals surface area contributed by atoms with Crippen molar-refractivity contribution in [2.45, 2.75) is 13.5 Å². The Hall–Kier alpha value is -0.680. The van der Waals surface area contributed by atoms with E-state index in [4.69, 9.17) is 0 Å². The first kappa shape index (κ1) is 9.41. The maximum Gasteiger partial charge on any atom is 0.205 e. The molecule has 1 aromatic rings. The molecule has 1 aromatic heterocycles. The van der Waals surface area contributed by atoms with Gasteiger partial charge >= 0.3 is 0 Å². The van der Waals surface area contributed by atoms with E-state index in [1.807, 2.05) is 7.05 Å². The van der Waals surface area contributed by atoms with Crippen LogP contribution in [0.25, 0.3) is 0 Å². The van der Waals surface area contributed by atoms with Crippen LogP contribution in [0.2, 0.25) is 0 Å². The molecule has 0 saturated carbocycles. The quantitative estimate of drug-likeness (QED) is 0.762. The zero-order valence-corrected chi connectivity index (χ0v) is 8.48. The van der Waals surface area contributed by atoms with Gasteiger partial charge in [0.15, 0.2) is 0 Å². The lowest BCUT2D eigenvalue weighted by molar-refractivity contribution is 0.344. The Bertz CT molecular complexity index is 235. The van der Waals surface area contributed by atoms with Gasteiger partial charge in [-0.3, -0.25) is 4.90 Å². The molecule has 0 amide bonds. The van der Waals surface area contributed by atoms with Crippen LogP contribution < -0.4 is 5.32 Å². The smallest absolute Gasteiger partial charge is 0.205 e. The molecular weight excluding hydrogens is 172 g/mol. The Morgan fingerprint density at radius 3 is 2.75 bits per heavy atom. The van der Waals surface area contributed by atoms with Crippen molar-refractivity contribution < 1.29 is 0 Å². The molecular formula is C7H14N4S. The van der Waals surface area contributed by atoms with Gasteiger partial charge in [-0.1, -0.05) is 18.3 Å². The fraction of sp³-hybridized carbons (Fsp3) is 0.714. The fourth-order valence-electron chi connectivity index (χ4n) is 0.761. The molecule has 0 aliphatic rings. The van der Waals surface area contributed by atoms with Crippen LogP contribution in [0.1, 0.15) is 11.9 Å². The number of nitrogens with zero attached hydrogens (tertiary/aromatic N) is 3. The van der Waals surface area contributed by atoms with Crippen LogP contribution in [-0.4, -0.2) is 35.7 Å². The third-order valence-corrected chi connectivity index (χ3v) is 2.55. The molecule has 0 bridgehead atoms. The summed E-state index contributed by atoms with van der Waals surface area (Å²) >= 11 is 1.60. The Kier molecular flexibility index (Phi) is 3.43. The average molecular weight is 186 g/mol. The van der Waals surface area contributed by atoms with Crippen LogP contribution in [0, 0.1) is 0 Å². The minimum Gasteiger partial charge on any atom is -0.363 e. The highest BCUT2D eigenvalue weighted by atomic mass is 32.1. The lowest BCUT2D eigenvalue weighted by Gasteiger charge is -2.09. The summed E-state index contributed by atoms with van der Waals surface area (Å²) < 4.78 is 0. The Balaban J connectivity index is 2.52. The van der Waals surface area contributed by atoms with E-state index in [1.54, 1.807) is 11.3 Å². The van der Waals surface area contributed by atoms with Crippen molar-refractivity contribution in [2.75, 3.05) is 26.0 Å². The Morgan fingerprint density at radius 2 is 2.25 bits per heavy atom. The van der Waals surface area contributed by atoms with Gasteiger partial charge in [0.25, 0.3) is 0 Å². The molecule has 0 aromatic carbocycles. The van der Waals surface area contributed by atoms with Crippen LogP contribution in [-0.2, 0) is 6.54 Å². The highest BCUT2D eigenvalue weighted by molar-refractivity contribution is 7.15. The summed E-state index contributed by atoms with van der Waals surface area (Å²) in [7, 11) is 3.92. The number of rotatable bonds is 4. The fourth-order valence-corrected chi connectivity index (χ4v) is 1.53. The molecule has 0 atom stereocenters. The van der Waals surface area contributed by atoms with Crippen molar-refractivity contribution in [3.05, 3.63) is 5.01 Å². The summed E-state index contributed by atoms with van der Waals surface area (Å²) in [6.45, 7) is 4.05. The molecule has 4 nitrogen and oxygen atoms in total. The maximum absolute atomic E-state index is 4.04. The summed E-state index contributed by atoms with van der Waals surface area (Å²) in [5.41, 5.74) is 0. The van der Waals surface area contributed by atoms with Crippen LogP contribution in [0.5, 0.6) is 0 Å². The summed E-state index contributed by atoms with van der Waals surface area (Å²) in [4.78, 5) is 2.19. The molecule has 0 fully saturated rings. The van der Waals surface area contributed by atoms with Crippen LogP contribution >= 0.6 is 11.3 Å². The first-order chi connectivity index (χ1) is 5.76. The van der Waals surface area contributed by atoms with Crippen molar-refractivity contribution in [1.82, 2.24) is 15.1 Å². The number of nitrogens with one attached hydrogen (secondary N) is 1. The van der Waals surface area contributed by atoms with Gasteiger partial charge in [0.2, 0.25) is 5.13 Å². The predicted molar refractivity (Wildman–Crippen MR) is 51.5 cm³/mol. The number of hydrogen-bond donors (Lipinski definition) is 1. The monoisotopic (exact) mass is 186 g/mol. The molecule has 0 saturated heterocycles. The lowest BCUT2D eigenvalue weighted by atomic mass is 10.5. The number of anilines is 1. The molecule has 0 radical (unpaired) electrons. The van der Waals surface area contributed by atoms with E-state index in [1.165, 1.54) is 0 Å². The lowest BCUT2D eigenvalue weighted by Crippen LogP contribution is -2.16. The largest absolute Gasteiger partial charge is 0.363 e. The predicted octanol–water partition coefficient (Wildman–Crippen LogP) is 1.03. The first-order valence-electron chi connectivity index (χ1n) is 3.95. The van der Waals surface area contributed by atoms with Crippen molar-refractivity contribution in [3.8, 4) is 0 Å². The van der Waals surface area contributed by atoms with E-state index in [9.17, 15) is 0 Å².